The van der Waals surface area contributed by atoms with Crippen LogP contribution in [0.15, 0.2) is 0 Å². The number of piperazine rings is 1. The van der Waals surface area contributed by atoms with Gasteiger partial charge in [-0.15, -0.1) is 11.6 Å². The van der Waals surface area contributed by atoms with E-state index in [4.69, 9.17) is 11.6 Å². The quantitative estimate of drug-likeness (QED) is 0.665. The summed E-state index contributed by atoms with van der Waals surface area (Å²) < 4.78 is 0. The number of urea groups is 1. The SMILES string of the molecule is CN(C)C(=O)N1CCN(C(=O)CCCl)CC1. The Morgan fingerprint density at radius 3 is 2.06 bits per heavy atom. The zero-order chi connectivity index (χ0) is 12.1. The zero-order valence-corrected chi connectivity index (χ0v) is 10.5. The molecule has 0 unspecified atom stereocenters. The fraction of sp³-hybridized carbons (Fsp3) is 0.800. The summed E-state index contributed by atoms with van der Waals surface area (Å²) in [4.78, 5) is 28.2. The molecule has 3 amide bonds. The minimum Gasteiger partial charge on any atom is -0.339 e. The van der Waals surface area contributed by atoms with E-state index in [1.165, 1.54) is 0 Å². The Balaban J connectivity index is 2.39. The van der Waals surface area contributed by atoms with Crippen LogP contribution >= 0.6 is 11.6 Å². The highest BCUT2D eigenvalue weighted by atomic mass is 35.5. The Hall–Kier alpha value is -0.970. The second kappa shape index (κ2) is 5.94. The minimum atomic E-state index is 0.00411. The van der Waals surface area contributed by atoms with Gasteiger partial charge in [-0.05, 0) is 0 Å². The van der Waals surface area contributed by atoms with E-state index in [1.54, 1.807) is 28.8 Å². The maximum atomic E-state index is 11.6. The monoisotopic (exact) mass is 247 g/mol. The Morgan fingerprint density at radius 2 is 1.62 bits per heavy atom. The molecule has 1 fully saturated rings. The standard InChI is InChI=1S/C10H18ClN3O2/c1-12(2)10(16)14-7-5-13(6-8-14)9(15)3-4-11/h3-8H2,1-2H3. The number of halogens is 1. The largest absolute Gasteiger partial charge is 0.339 e. The van der Waals surface area contributed by atoms with Crippen LogP contribution in [0.5, 0.6) is 0 Å². The molecule has 0 atom stereocenters. The van der Waals surface area contributed by atoms with Crippen molar-refractivity contribution >= 4 is 23.5 Å². The van der Waals surface area contributed by atoms with Crippen molar-refractivity contribution in [3.63, 3.8) is 0 Å². The van der Waals surface area contributed by atoms with Gasteiger partial charge in [0.15, 0.2) is 0 Å². The molecule has 5 nitrogen and oxygen atoms in total. The first-order chi connectivity index (χ1) is 7.56. The molecule has 1 aliphatic rings. The van der Waals surface area contributed by atoms with Gasteiger partial charge in [-0.25, -0.2) is 4.79 Å². The lowest BCUT2D eigenvalue weighted by Crippen LogP contribution is -2.52. The van der Waals surface area contributed by atoms with E-state index in [9.17, 15) is 9.59 Å². The van der Waals surface area contributed by atoms with Gasteiger partial charge in [0.05, 0.1) is 0 Å². The molecule has 1 heterocycles. The van der Waals surface area contributed by atoms with Crippen LogP contribution in [0.3, 0.4) is 0 Å². The zero-order valence-electron chi connectivity index (χ0n) is 9.78. The van der Waals surface area contributed by atoms with Crippen molar-refractivity contribution in [2.24, 2.45) is 0 Å². The number of carbonyl (C=O) groups excluding carboxylic acids is 2. The van der Waals surface area contributed by atoms with Crippen molar-refractivity contribution in [3.8, 4) is 0 Å². The van der Waals surface area contributed by atoms with Gasteiger partial charge in [0.25, 0.3) is 0 Å². The van der Waals surface area contributed by atoms with Crippen molar-refractivity contribution in [2.45, 2.75) is 6.42 Å². The van der Waals surface area contributed by atoms with E-state index in [0.717, 1.165) is 0 Å². The Morgan fingerprint density at radius 1 is 1.12 bits per heavy atom. The summed E-state index contributed by atoms with van der Waals surface area (Å²) in [6.45, 7) is 2.42. The van der Waals surface area contributed by atoms with E-state index >= 15 is 0 Å². The molecule has 1 aliphatic heterocycles. The third-order valence-electron chi connectivity index (χ3n) is 2.59. The van der Waals surface area contributed by atoms with E-state index in [1.807, 2.05) is 0 Å². The molecule has 0 saturated carbocycles. The topological polar surface area (TPSA) is 43.9 Å². The fourth-order valence-electron chi connectivity index (χ4n) is 1.67. The third-order valence-corrected chi connectivity index (χ3v) is 2.78. The minimum absolute atomic E-state index is 0.00411. The molecule has 16 heavy (non-hydrogen) atoms. The summed E-state index contributed by atoms with van der Waals surface area (Å²) in [5.41, 5.74) is 0. The number of amides is 3. The van der Waals surface area contributed by atoms with E-state index in [2.05, 4.69) is 0 Å². The van der Waals surface area contributed by atoms with Gasteiger partial charge < -0.3 is 14.7 Å². The first-order valence-corrected chi connectivity index (χ1v) is 5.89. The molecule has 1 rings (SSSR count). The summed E-state index contributed by atoms with van der Waals surface area (Å²) in [6, 6.07) is 0.00411. The summed E-state index contributed by atoms with van der Waals surface area (Å²) in [6.07, 6.45) is 0.378. The van der Waals surface area contributed by atoms with Crippen LogP contribution in [0.4, 0.5) is 4.79 Å². The van der Waals surface area contributed by atoms with Crippen LogP contribution in [0.2, 0.25) is 0 Å². The second-order valence-corrected chi connectivity index (χ2v) is 4.36. The molecular weight excluding hydrogens is 230 g/mol. The van der Waals surface area contributed by atoms with Gasteiger partial charge in [-0.2, -0.15) is 0 Å². The maximum Gasteiger partial charge on any atom is 0.319 e. The van der Waals surface area contributed by atoms with E-state index in [-0.39, 0.29) is 11.9 Å². The van der Waals surface area contributed by atoms with Crippen molar-refractivity contribution in [1.29, 1.82) is 0 Å². The van der Waals surface area contributed by atoms with Crippen LogP contribution in [0.25, 0.3) is 0 Å². The number of alkyl halides is 1. The van der Waals surface area contributed by atoms with E-state index in [0.29, 0.717) is 38.5 Å². The van der Waals surface area contributed by atoms with Crippen LogP contribution in [0.1, 0.15) is 6.42 Å². The molecule has 0 radical (unpaired) electrons. The molecule has 1 saturated heterocycles. The lowest BCUT2D eigenvalue weighted by molar-refractivity contribution is -0.132. The predicted octanol–water partition coefficient (Wildman–Crippen LogP) is 0.441. The van der Waals surface area contributed by atoms with Crippen molar-refractivity contribution in [2.75, 3.05) is 46.2 Å². The van der Waals surface area contributed by atoms with E-state index < -0.39 is 0 Å². The first-order valence-electron chi connectivity index (χ1n) is 5.36. The molecular formula is C10H18ClN3O2. The van der Waals surface area contributed by atoms with Gasteiger partial charge in [0.2, 0.25) is 5.91 Å². The number of hydrogen-bond donors (Lipinski definition) is 0. The Kier molecular flexibility index (Phi) is 4.86. The summed E-state index contributed by atoms with van der Waals surface area (Å²) >= 11 is 5.52. The number of rotatable bonds is 2. The normalized spacial score (nSPS) is 16.2. The number of hydrogen-bond acceptors (Lipinski definition) is 2. The first kappa shape index (κ1) is 13.1. The molecule has 0 aromatic carbocycles. The Labute approximate surface area is 101 Å². The molecule has 0 bridgehead atoms. The van der Waals surface area contributed by atoms with Gasteiger partial charge in [-0.1, -0.05) is 0 Å². The second-order valence-electron chi connectivity index (χ2n) is 3.98. The summed E-state index contributed by atoms with van der Waals surface area (Å²) in [5.74, 6) is 0.433. The average molecular weight is 248 g/mol. The smallest absolute Gasteiger partial charge is 0.319 e. The highest BCUT2D eigenvalue weighted by Gasteiger charge is 2.24. The lowest BCUT2D eigenvalue weighted by Gasteiger charge is -2.35. The number of nitrogens with zero attached hydrogens (tertiary/aromatic N) is 3. The fourth-order valence-corrected chi connectivity index (χ4v) is 1.83. The maximum absolute atomic E-state index is 11.6. The lowest BCUT2D eigenvalue weighted by atomic mass is 10.3. The molecule has 0 aromatic heterocycles. The number of carbonyl (C=O) groups is 2. The molecule has 92 valence electrons. The van der Waals surface area contributed by atoms with Crippen LogP contribution < -0.4 is 0 Å². The summed E-state index contributed by atoms with van der Waals surface area (Å²) in [7, 11) is 3.46. The highest BCUT2D eigenvalue weighted by molar-refractivity contribution is 6.18. The van der Waals surface area contributed by atoms with Crippen LogP contribution in [-0.2, 0) is 4.79 Å². The van der Waals surface area contributed by atoms with Crippen LogP contribution in [0, 0.1) is 0 Å². The van der Waals surface area contributed by atoms with Gasteiger partial charge in [0, 0.05) is 52.6 Å². The molecule has 0 N–H and O–H groups in total. The highest BCUT2D eigenvalue weighted by Crippen LogP contribution is 2.06. The molecule has 0 aliphatic carbocycles. The molecule has 0 aromatic rings. The average Bonchev–Trinajstić information content (AvgIpc) is 2.28. The summed E-state index contributed by atoms with van der Waals surface area (Å²) in [5, 5.41) is 0. The Bertz CT molecular complexity index is 263. The van der Waals surface area contributed by atoms with Gasteiger partial charge in [0.1, 0.15) is 0 Å². The van der Waals surface area contributed by atoms with Gasteiger partial charge in [-0.3, -0.25) is 4.79 Å². The van der Waals surface area contributed by atoms with Crippen molar-refractivity contribution in [1.82, 2.24) is 14.7 Å². The molecule has 0 spiro atoms. The third kappa shape index (κ3) is 3.27. The van der Waals surface area contributed by atoms with Crippen molar-refractivity contribution < 1.29 is 9.59 Å². The van der Waals surface area contributed by atoms with Crippen molar-refractivity contribution in [3.05, 3.63) is 0 Å². The predicted molar refractivity (Wildman–Crippen MR) is 62.6 cm³/mol. The van der Waals surface area contributed by atoms with Crippen LogP contribution in [-0.4, -0.2) is 72.8 Å². The molecule has 6 heteroatoms. The van der Waals surface area contributed by atoms with Gasteiger partial charge >= 0.3 is 6.03 Å².